The fraction of sp³-hybridized carbons (Fsp3) is 0.529. The normalized spacial score (nSPS) is 27.9. The molecule has 2 aliphatic heterocycles. The first-order chi connectivity index (χ1) is 10.3. The summed E-state index contributed by atoms with van der Waals surface area (Å²) in [6.07, 6.45) is 5.29. The van der Waals surface area contributed by atoms with Gasteiger partial charge in [0.15, 0.2) is 0 Å². The van der Waals surface area contributed by atoms with Crippen LogP contribution in [0.5, 0.6) is 0 Å². The van der Waals surface area contributed by atoms with Crippen LogP contribution >= 0.6 is 0 Å². The average molecular weight is 301 g/mol. The van der Waals surface area contributed by atoms with Crippen LogP contribution in [0, 0.1) is 0 Å². The lowest BCUT2D eigenvalue weighted by Crippen LogP contribution is -2.42. The Bertz CT molecular complexity index is 621. The Balaban J connectivity index is 2.00. The Hall–Kier alpha value is -1.88. The molecule has 1 atom stereocenters. The van der Waals surface area contributed by atoms with Crippen molar-refractivity contribution in [2.45, 2.75) is 44.6 Å². The second-order valence-corrected chi connectivity index (χ2v) is 6.95. The number of carbonyl (C=O) groups is 1. The first-order valence-electron chi connectivity index (χ1n) is 7.68. The van der Waals surface area contributed by atoms with Gasteiger partial charge in [0.1, 0.15) is 5.82 Å². The molecule has 5 nitrogen and oxygen atoms in total. The Morgan fingerprint density at radius 2 is 2.09 bits per heavy atom. The molecule has 0 aliphatic carbocycles. The third kappa shape index (κ3) is 2.29. The minimum absolute atomic E-state index is 0.136. The van der Waals surface area contributed by atoms with Gasteiger partial charge in [-0.15, -0.1) is 0 Å². The number of amides is 1. The van der Waals surface area contributed by atoms with E-state index in [1.807, 2.05) is 24.0 Å². The van der Waals surface area contributed by atoms with E-state index < -0.39 is 5.41 Å². The van der Waals surface area contributed by atoms with Crippen molar-refractivity contribution in [2.24, 2.45) is 0 Å². The van der Waals surface area contributed by atoms with Crippen LogP contribution in [0.25, 0.3) is 0 Å². The number of pyridine rings is 1. The maximum absolute atomic E-state index is 13.2. The minimum Gasteiger partial charge on any atom is -0.384 e. The number of anilines is 1. The third-order valence-corrected chi connectivity index (χ3v) is 4.72. The molecule has 3 heterocycles. The molecule has 118 valence electrons. The van der Waals surface area contributed by atoms with E-state index in [0.29, 0.717) is 19.0 Å². The second kappa shape index (κ2) is 5.09. The van der Waals surface area contributed by atoms with Gasteiger partial charge in [-0.1, -0.05) is 6.07 Å². The molecule has 3 rings (SSSR count). The number of rotatable bonds is 2. The zero-order chi connectivity index (χ0) is 16.0. The highest BCUT2D eigenvalue weighted by atomic mass is 16.5. The standard InChI is InChI=1S/C17H23N3O2/c1-16(2)11-17(3,12-4-5-14(18)19-10-12)15(21)20(16)13-6-8-22-9-7-13/h4-6,10H,7-9,11H2,1-3H3,(H2,18,19). The van der Waals surface area contributed by atoms with E-state index in [1.54, 1.807) is 12.3 Å². The molecule has 0 spiro atoms. The van der Waals surface area contributed by atoms with Crippen molar-refractivity contribution in [2.75, 3.05) is 18.9 Å². The zero-order valence-electron chi connectivity index (χ0n) is 13.4. The summed E-state index contributed by atoms with van der Waals surface area (Å²) in [6, 6.07) is 3.68. The number of nitrogen functional groups attached to an aromatic ring is 1. The number of hydrogen-bond donors (Lipinski definition) is 1. The number of nitrogens with zero attached hydrogens (tertiary/aromatic N) is 2. The van der Waals surface area contributed by atoms with E-state index in [0.717, 1.165) is 24.1 Å². The van der Waals surface area contributed by atoms with Gasteiger partial charge in [0.05, 0.1) is 18.6 Å². The Labute approximate surface area is 131 Å². The molecule has 2 aliphatic rings. The lowest BCUT2D eigenvalue weighted by atomic mass is 9.78. The molecular formula is C17H23N3O2. The van der Waals surface area contributed by atoms with Gasteiger partial charge >= 0.3 is 0 Å². The highest BCUT2D eigenvalue weighted by Crippen LogP contribution is 2.46. The summed E-state index contributed by atoms with van der Waals surface area (Å²) in [7, 11) is 0. The fourth-order valence-corrected chi connectivity index (χ4v) is 3.74. The van der Waals surface area contributed by atoms with Crippen molar-refractivity contribution in [1.82, 2.24) is 9.88 Å². The Morgan fingerprint density at radius 3 is 2.68 bits per heavy atom. The molecular weight excluding hydrogens is 278 g/mol. The molecule has 1 fully saturated rings. The summed E-state index contributed by atoms with van der Waals surface area (Å²) in [5, 5.41) is 0. The van der Waals surface area contributed by atoms with Gasteiger partial charge < -0.3 is 15.4 Å². The monoisotopic (exact) mass is 301 g/mol. The molecule has 1 saturated heterocycles. The van der Waals surface area contributed by atoms with Crippen molar-refractivity contribution in [1.29, 1.82) is 0 Å². The van der Waals surface area contributed by atoms with Crippen LogP contribution in [-0.2, 0) is 14.9 Å². The van der Waals surface area contributed by atoms with Crippen molar-refractivity contribution in [3.05, 3.63) is 35.7 Å². The molecule has 0 saturated carbocycles. The first kappa shape index (κ1) is 15.0. The second-order valence-electron chi connectivity index (χ2n) is 6.95. The first-order valence-corrected chi connectivity index (χ1v) is 7.68. The number of carbonyl (C=O) groups excluding carboxylic acids is 1. The van der Waals surface area contributed by atoms with Gasteiger partial charge in [-0.2, -0.15) is 0 Å². The van der Waals surface area contributed by atoms with E-state index in [2.05, 4.69) is 18.8 Å². The van der Waals surface area contributed by atoms with Gasteiger partial charge in [0.25, 0.3) is 0 Å². The van der Waals surface area contributed by atoms with Gasteiger partial charge in [0, 0.05) is 23.9 Å². The Kier molecular flexibility index (Phi) is 3.48. The number of nitrogens with two attached hydrogens (primary N) is 1. The van der Waals surface area contributed by atoms with Crippen LogP contribution in [0.3, 0.4) is 0 Å². The van der Waals surface area contributed by atoms with E-state index >= 15 is 0 Å². The quantitative estimate of drug-likeness (QED) is 0.909. The van der Waals surface area contributed by atoms with Crippen LogP contribution in [0.1, 0.15) is 39.2 Å². The van der Waals surface area contributed by atoms with E-state index in [1.165, 1.54) is 0 Å². The Morgan fingerprint density at radius 1 is 1.32 bits per heavy atom. The molecule has 1 aromatic rings. The maximum Gasteiger partial charge on any atom is 0.237 e. The predicted octanol–water partition coefficient (Wildman–Crippen LogP) is 2.24. The smallest absolute Gasteiger partial charge is 0.237 e. The van der Waals surface area contributed by atoms with Crippen LogP contribution in [0.4, 0.5) is 5.82 Å². The van der Waals surface area contributed by atoms with Gasteiger partial charge in [-0.3, -0.25) is 4.79 Å². The summed E-state index contributed by atoms with van der Waals surface area (Å²) in [5.74, 6) is 0.610. The van der Waals surface area contributed by atoms with Gasteiger partial charge in [-0.05, 0) is 44.9 Å². The van der Waals surface area contributed by atoms with E-state index in [4.69, 9.17) is 10.5 Å². The molecule has 1 aromatic heterocycles. The van der Waals surface area contributed by atoms with Crippen LogP contribution in [0.15, 0.2) is 30.1 Å². The summed E-state index contributed by atoms with van der Waals surface area (Å²) >= 11 is 0. The minimum atomic E-state index is -0.566. The van der Waals surface area contributed by atoms with E-state index in [-0.39, 0.29) is 11.4 Å². The van der Waals surface area contributed by atoms with Crippen LogP contribution in [-0.4, -0.2) is 34.5 Å². The van der Waals surface area contributed by atoms with Crippen molar-refractivity contribution < 1.29 is 9.53 Å². The van der Waals surface area contributed by atoms with Gasteiger partial charge in [0.2, 0.25) is 5.91 Å². The van der Waals surface area contributed by atoms with Crippen molar-refractivity contribution in [3.8, 4) is 0 Å². The van der Waals surface area contributed by atoms with Crippen molar-refractivity contribution in [3.63, 3.8) is 0 Å². The highest BCUT2D eigenvalue weighted by Gasteiger charge is 2.54. The fourth-order valence-electron chi connectivity index (χ4n) is 3.74. The summed E-state index contributed by atoms with van der Waals surface area (Å²) in [4.78, 5) is 19.3. The largest absolute Gasteiger partial charge is 0.384 e. The summed E-state index contributed by atoms with van der Waals surface area (Å²) in [6.45, 7) is 7.50. The topological polar surface area (TPSA) is 68.4 Å². The molecule has 22 heavy (non-hydrogen) atoms. The lowest BCUT2D eigenvalue weighted by molar-refractivity contribution is -0.132. The molecule has 1 amide bonds. The number of hydrogen-bond acceptors (Lipinski definition) is 4. The molecule has 0 aromatic carbocycles. The number of aromatic nitrogens is 1. The molecule has 2 N–H and O–H groups in total. The SMILES string of the molecule is CC1(c2ccc(N)nc2)CC(C)(C)N(C2=CCOCC2)C1=O. The molecule has 0 bridgehead atoms. The third-order valence-electron chi connectivity index (χ3n) is 4.72. The molecule has 0 radical (unpaired) electrons. The molecule has 1 unspecified atom stereocenters. The number of ether oxygens (including phenoxy) is 1. The maximum atomic E-state index is 13.2. The van der Waals surface area contributed by atoms with Crippen molar-refractivity contribution >= 4 is 11.7 Å². The highest BCUT2D eigenvalue weighted by molar-refractivity contribution is 5.92. The van der Waals surface area contributed by atoms with Gasteiger partial charge in [-0.25, -0.2) is 4.98 Å². The summed E-state index contributed by atoms with van der Waals surface area (Å²) < 4.78 is 5.37. The zero-order valence-corrected chi connectivity index (χ0v) is 13.4. The van der Waals surface area contributed by atoms with Crippen LogP contribution < -0.4 is 5.73 Å². The lowest BCUT2D eigenvalue weighted by Gasteiger charge is -2.34. The summed E-state index contributed by atoms with van der Waals surface area (Å²) in [5.41, 5.74) is 6.88. The van der Waals surface area contributed by atoms with E-state index in [9.17, 15) is 4.79 Å². The predicted molar refractivity (Wildman–Crippen MR) is 85.1 cm³/mol. The van der Waals surface area contributed by atoms with Crippen LogP contribution in [0.2, 0.25) is 0 Å². The number of likely N-dealkylation sites (tertiary alicyclic amines) is 1. The average Bonchev–Trinajstić information content (AvgIpc) is 2.66. The molecule has 5 heteroatoms.